The molecule has 4 heteroatoms. The van der Waals surface area contributed by atoms with Crippen molar-refractivity contribution in [2.24, 2.45) is 0 Å². The third-order valence-electron chi connectivity index (χ3n) is 3.15. The van der Waals surface area contributed by atoms with Crippen molar-refractivity contribution in [2.75, 3.05) is 24.3 Å². The molecule has 2 aromatic carbocycles. The lowest BCUT2D eigenvalue weighted by Crippen LogP contribution is -2.14. The summed E-state index contributed by atoms with van der Waals surface area (Å²) in [6.07, 6.45) is 0. The number of benzene rings is 2. The lowest BCUT2D eigenvalue weighted by molar-refractivity contribution is 0.623. The Kier molecular flexibility index (Phi) is 4.50. The summed E-state index contributed by atoms with van der Waals surface area (Å²) in [6.45, 7) is 2.00. The smallest absolute Gasteiger partial charge is 0.123 e. The van der Waals surface area contributed by atoms with Crippen LogP contribution in [0.15, 0.2) is 42.5 Å². The molecule has 2 rings (SSSR count). The van der Waals surface area contributed by atoms with E-state index in [0.717, 1.165) is 16.9 Å². The Morgan fingerprint density at radius 2 is 1.85 bits per heavy atom. The number of nitrogens with one attached hydrogen (secondary N) is 1. The number of hydrogen-bond donors (Lipinski definition) is 1. The van der Waals surface area contributed by atoms with Crippen LogP contribution in [0.3, 0.4) is 0 Å². The van der Waals surface area contributed by atoms with E-state index in [4.69, 9.17) is 11.6 Å². The molecule has 20 heavy (non-hydrogen) atoms. The molecule has 0 aliphatic rings. The second-order valence-electron chi connectivity index (χ2n) is 4.95. The standard InChI is InChI=1S/C16H18ClFN2/c1-11(12-6-4-7-13(18)10-12)19-15-9-5-8-14(17)16(15)20(2)3/h4-11,19H,1-3H3. The second kappa shape index (κ2) is 6.14. The fourth-order valence-corrected chi connectivity index (χ4v) is 2.52. The summed E-state index contributed by atoms with van der Waals surface area (Å²) in [5.41, 5.74) is 2.76. The van der Waals surface area contributed by atoms with Gasteiger partial charge in [0.1, 0.15) is 5.82 Å². The SMILES string of the molecule is CC(Nc1cccc(Cl)c1N(C)C)c1cccc(F)c1. The molecular formula is C16H18ClFN2. The van der Waals surface area contributed by atoms with Crippen molar-refractivity contribution in [2.45, 2.75) is 13.0 Å². The Morgan fingerprint density at radius 1 is 1.15 bits per heavy atom. The van der Waals surface area contributed by atoms with Crippen LogP contribution in [-0.2, 0) is 0 Å². The van der Waals surface area contributed by atoms with Crippen molar-refractivity contribution in [3.8, 4) is 0 Å². The van der Waals surface area contributed by atoms with Gasteiger partial charge in [0.15, 0.2) is 0 Å². The summed E-state index contributed by atoms with van der Waals surface area (Å²) in [4.78, 5) is 1.96. The highest BCUT2D eigenvalue weighted by Gasteiger charge is 2.12. The van der Waals surface area contributed by atoms with Crippen LogP contribution in [0.1, 0.15) is 18.5 Å². The molecule has 0 aromatic heterocycles. The first kappa shape index (κ1) is 14.7. The zero-order valence-electron chi connectivity index (χ0n) is 11.8. The zero-order valence-corrected chi connectivity index (χ0v) is 12.6. The zero-order chi connectivity index (χ0) is 14.7. The predicted molar refractivity (Wildman–Crippen MR) is 84.2 cm³/mol. The van der Waals surface area contributed by atoms with Crippen LogP contribution in [0.4, 0.5) is 15.8 Å². The predicted octanol–water partition coefficient (Wildman–Crippen LogP) is 4.72. The maximum absolute atomic E-state index is 13.3. The van der Waals surface area contributed by atoms with Gasteiger partial charge < -0.3 is 10.2 Å². The molecule has 0 aliphatic carbocycles. The number of nitrogens with zero attached hydrogens (tertiary/aromatic N) is 1. The molecule has 2 nitrogen and oxygen atoms in total. The van der Waals surface area contributed by atoms with Crippen LogP contribution < -0.4 is 10.2 Å². The fraction of sp³-hybridized carbons (Fsp3) is 0.250. The number of anilines is 2. The molecule has 0 radical (unpaired) electrons. The Morgan fingerprint density at radius 3 is 2.50 bits per heavy atom. The average Bonchev–Trinajstić information content (AvgIpc) is 2.38. The normalized spacial score (nSPS) is 12.1. The van der Waals surface area contributed by atoms with Crippen molar-refractivity contribution in [1.29, 1.82) is 0 Å². The second-order valence-corrected chi connectivity index (χ2v) is 5.36. The van der Waals surface area contributed by atoms with E-state index in [1.807, 2.05) is 50.2 Å². The summed E-state index contributed by atoms with van der Waals surface area (Å²) in [6, 6.07) is 12.3. The maximum Gasteiger partial charge on any atom is 0.123 e. The Balaban J connectivity index is 2.28. The van der Waals surface area contributed by atoms with E-state index in [-0.39, 0.29) is 11.9 Å². The summed E-state index contributed by atoms with van der Waals surface area (Å²) in [5, 5.41) is 4.07. The number of hydrogen-bond acceptors (Lipinski definition) is 2. The molecule has 0 fully saturated rings. The van der Waals surface area contributed by atoms with E-state index < -0.39 is 0 Å². The molecule has 2 aromatic rings. The maximum atomic E-state index is 13.3. The molecule has 0 aliphatic heterocycles. The van der Waals surface area contributed by atoms with Crippen LogP contribution >= 0.6 is 11.6 Å². The van der Waals surface area contributed by atoms with Crippen molar-refractivity contribution in [3.05, 3.63) is 58.9 Å². The van der Waals surface area contributed by atoms with Gasteiger partial charge >= 0.3 is 0 Å². The highest BCUT2D eigenvalue weighted by Crippen LogP contribution is 2.34. The van der Waals surface area contributed by atoms with Gasteiger partial charge in [-0.05, 0) is 36.8 Å². The minimum atomic E-state index is -0.227. The van der Waals surface area contributed by atoms with Gasteiger partial charge in [0.2, 0.25) is 0 Å². The molecule has 1 unspecified atom stereocenters. The Bertz CT molecular complexity index is 599. The number of rotatable bonds is 4. The molecule has 0 heterocycles. The number of halogens is 2. The van der Waals surface area contributed by atoms with Gasteiger partial charge in [-0.25, -0.2) is 4.39 Å². The lowest BCUT2D eigenvalue weighted by Gasteiger charge is -2.23. The molecule has 106 valence electrons. The summed E-state index contributed by atoms with van der Waals surface area (Å²) >= 11 is 6.24. The van der Waals surface area contributed by atoms with Gasteiger partial charge in [0.25, 0.3) is 0 Å². The van der Waals surface area contributed by atoms with Crippen molar-refractivity contribution in [1.82, 2.24) is 0 Å². The highest BCUT2D eigenvalue weighted by molar-refractivity contribution is 6.34. The fourth-order valence-electron chi connectivity index (χ4n) is 2.18. The van der Waals surface area contributed by atoms with Gasteiger partial charge in [-0.1, -0.05) is 29.8 Å². The molecular weight excluding hydrogens is 275 g/mol. The lowest BCUT2D eigenvalue weighted by atomic mass is 10.1. The van der Waals surface area contributed by atoms with Gasteiger partial charge in [0, 0.05) is 20.1 Å². The topological polar surface area (TPSA) is 15.3 Å². The molecule has 0 saturated heterocycles. The molecule has 0 amide bonds. The third kappa shape index (κ3) is 3.23. The van der Waals surface area contributed by atoms with E-state index in [1.165, 1.54) is 12.1 Å². The minimum absolute atomic E-state index is 0.0112. The van der Waals surface area contributed by atoms with Crippen LogP contribution in [0, 0.1) is 5.82 Å². The van der Waals surface area contributed by atoms with E-state index in [1.54, 1.807) is 6.07 Å². The monoisotopic (exact) mass is 292 g/mol. The number of para-hydroxylation sites is 1. The summed E-state index contributed by atoms with van der Waals surface area (Å²) in [5.74, 6) is -0.227. The van der Waals surface area contributed by atoms with Crippen LogP contribution in [0.5, 0.6) is 0 Å². The van der Waals surface area contributed by atoms with Crippen LogP contribution in [0.25, 0.3) is 0 Å². The molecule has 0 bridgehead atoms. The van der Waals surface area contributed by atoms with Gasteiger partial charge in [-0.3, -0.25) is 0 Å². The third-order valence-corrected chi connectivity index (χ3v) is 3.46. The van der Waals surface area contributed by atoms with E-state index in [0.29, 0.717) is 5.02 Å². The summed E-state index contributed by atoms with van der Waals surface area (Å²) < 4.78 is 13.3. The van der Waals surface area contributed by atoms with Gasteiger partial charge in [0.05, 0.1) is 16.4 Å². The summed E-state index contributed by atoms with van der Waals surface area (Å²) in [7, 11) is 3.89. The van der Waals surface area contributed by atoms with Crippen molar-refractivity contribution >= 4 is 23.0 Å². The first-order valence-corrected chi connectivity index (χ1v) is 6.84. The van der Waals surface area contributed by atoms with Gasteiger partial charge in [-0.2, -0.15) is 0 Å². The van der Waals surface area contributed by atoms with Crippen molar-refractivity contribution < 1.29 is 4.39 Å². The largest absolute Gasteiger partial charge is 0.377 e. The minimum Gasteiger partial charge on any atom is -0.377 e. The van der Waals surface area contributed by atoms with Crippen LogP contribution in [-0.4, -0.2) is 14.1 Å². The molecule has 0 spiro atoms. The van der Waals surface area contributed by atoms with Crippen molar-refractivity contribution in [3.63, 3.8) is 0 Å². The van der Waals surface area contributed by atoms with Crippen LogP contribution in [0.2, 0.25) is 5.02 Å². The molecule has 1 atom stereocenters. The Hall–Kier alpha value is -1.74. The van der Waals surface area contributed by atoms with E-state index >= 15 is 0 Å². The van der Waals surface area contributed by atoms with E-state index in [2.05, 4.69) is 5.32 Å². The first-order valence-electron chi connectivity index (χ1n) is 6.47. The average molecular weight is 293 g/mol. The quantitative estimate of drug-likeness (QED) is 0.877. The van der Waals surface area contributed by atoms with E-state index in [9.17, 15) is 4.39 Å². The van der Waals surface area contributed by atoms with Gasteiger partial charge in [-0.15, -0.1) is 0 Å². The molecule has 0 saturated carbocycles. The highest BCUT2D eigenvalue weighted by atomic mass is 35.5. The first-order chi connectivity index (χ1) is 9.49. The molecule has 1 N–H and O–H groups in total. The Labute approximate surface area is 124 Å².